The first kappa shape index (κ1) is 12.0. The first-order valence-electron chi connectivity index (χ1n) is 5.80. The van der Waals surface area contributed by atoms with Crippen molar-refractivity contribution in [3.8, 4) is 0 Å². The molecule has 1 aromatic carbocycles. The van der Waals surface area contributed by atoms with Gasteiger partial charge in [-0.05, 0) is 29.8 Å². The molecule has 5 heteroatoms. The van der Waals surface area contributed by atoms with Crippen LogP contribution in [0.2, 0.25) is 0 Å². The van der Waals surface area contributed by atoms with Gasteiger partial charge in [-0.3, -0.25) is 4.79 Å². The van der Waals surface area contributed by atoms with Crippen LogP contribution in [0.4, 0.5) is 0 Å². The number of halogens is 1. The van der Waals surface area contributed by atoms with Crippen molar-refractivity contribution < 1.29 is 4.79 Å². The van der Waals surface area contributed by atoms with Crippen LogP contribution < -0.4 is 0 Å². The van der Waals surface area contributed by atoms with Gasteiger partial charge in [0.1, 0.15) is 0 Å². The number of fused-ring (bicyclic) bond motifs is 1. The molecule has 2 heterocycles. The molecule has 0 amide bonds. The number of aromatic nitrogens is 3. The average molecular weight is 316 g/mol. The fourth-order valence-corrected chi connectivity index (χ4v) is 2.19. The second-order valence-electron chi connectivity index (χ2n) is 4.18. The van der Waals surface area contributed by atoms with E-state index in [9.17, 15) is 4.79 Å². The number of rotatable bonds is 3. The lowest BCUT2D eigenvalue weighted by Crippen LogP contribution is -1.92. The van der Waals surface area contributed by atoms with E-state index in [1.54, 1.807) is 22.8 Å². The third-order valence-corrected chi connectivity index (χ3v) is 3.37. The van der Waals surface area contributed by atoms with E-state index in [0.29, 0.717) is 23.5 Å². The highest BCUT2D eigenvalue weighted by Gasteiger charge is 2.07. The summed E-state index contributed by atoms with van der Waals surface area (Å²) in [5.41, 5.74) is 2.29. The maximum atomic E-state index is 10.9. The summed E-state index contributed by atoms with van der Waals surface area (Å²) >= 11 is 3.40. The van der Waals surface area contributed by atoms with Crippen LogP contribution in [0.3, 0.4) is 0 Å². The highest BCUT2D eigenvalue weighted by atomic mass is 79.9. The summed E-state index contributed by atoms with van der Waals surface area (Å²) in [7, 11) is 0. The molecule has 0 unspecified atom stereocenters. The summed E-state index contributed by atoms with van der Waals surface area (Å²) in [6, 6.07) is 11.5. The van der Waals surface area contributed by atoms with E-state index < -0.39 is 0 Å². The summed E-state index contributed by atoms with van der Waals surface area (Å²) in [5, 5.41) is 4.37. The van der Waals surface area contributed by atoms with Crippen molar-refractivity contribution in [2.24, 2.45) is 0 Å². The van der Waals surface area contributed by atoms with Gasteiger partial charge in [-0.15, -0.1) is 0 Å². The van der Waals surface area contributed by atoms with E-state index in [0.717, 1.165) is 16.3 Å². The molecule has 0 bridgehead atoms. The molecule has 0 N–H and O–H groups in total. The van der Waals surface area contributed by atoms with E-state index in [4.69, 9.17) is 0 Å². The number of nitrogens with zero attached hydrogens (tertiary/aromatic N) is 3. The lowest BCUT2D eigenvalue weighted by molar-refractivity contribution is 0.112. The molecule has 0 spiro atoms. The first-order valence-corrected chi connectivity index (χ1v) is 6.59. The van der Waals surface area contributed by atoms with Crippen LogP contribution in [0.5, 0.6) is 0 Å². The van der Waals surface area contributed by atoms with Gasteiger partial charge in [0, 0.05) is 17.1 Å². The molecular weight excluding hydrogens is 306 g/mol. The molecule has 19 heavy (non-hydrogen) atoms. The minimum absolute atomic E-state index is 0.553. The zero-order valence-electron chi connectivity index (χ0n) is 9.95. The molecule has 2 aromatic heterocycles. The molecule has 0 aliphatic heterocycles. The quantitative estimate of drug-likeness (QED) is 0.698. The maximum absolute atomic E-state index is 10.9. The van der Waals surface area contributed by atoms with Crippen molar-refractivity contribution >= 4 is 27.9 Å². The van der Waals surface area contributed by atoms with E-state index in [1.165, 1.54) is 0 Å². The molecule has 0 saturated heterocycles. The first-order chi connectivity index (χ1) is 9.26. The van der Waals surface area contributed by atoms with Crippen molar-refractivity contribution in [3.05, 3.63) is 64.0 Å². The fraction of sp³-hybridized carbons (Fsp3) is 0.0714. The van der Waals surface area contributed by atoms with Gasteiger partial charge in [0.2, 0.25) is 0 Å². The van der Waals surface area contributed by atoms with Crippen molar-refractivity contribution in [1.82, 2.24) is 14.6 Å². The summed E-state index contributed by atoms with van der Waals surface area (Å²) < 4.78 is 2.68. The monoisotopic (exact) mass is 315 g/mol. The van der Waals surface area contributed by atoms with Gasteiger partial charge in [-0.2, -0.15) is 5.10 Å². The van der Waals surface area contributed by atoms with Crippen LogP contribution in [-0.4, -0.2) is 20.9 Å². The van der Waals surface area contributed by atoms with E-state index in [-0.39, 0.29) is 0 Å². The topological polar surface area (TPSA) is 47.3 Å². The second-order valence-corrected chi connectivity index (χ2v) is 5.10. The van der Waals surface area contributed by atoms with Gasteiger partial charge in [0.05, 0.1) is 5.56 Å². The van der Waals surface area contributed by atoms with E-state index in [1.807, 2.05) is 24.3 Å². The molecule has 94 valence electrons. The zero-order valence-corrected chi connectivity index (χ0v) is 11.5. The Hall–Kier alpha value is -2.01. The summed E-state index contributed by atoms with van der Waals surface area (Å²) in [4.78, 5) is 15.3. The van der Waals surface area contributed by atoms with Crippen LogP contribution in [0.25, 0.3) is 5.65 Å². The van der Waals surface area contributed by atoms with Gasteiger partial charge in [-0.25, -0.2) is 9.50 Å². The highest BCUT2D eigenvalue weighted by Crippen LogP contribution is 2.14. The zero-order chi connectivity index (χ0) is 13.2. The van der Waals surface area contributed by atoms with Gasteiger partial charge in [0.25, 0.3) is 0 Å². The van der Waals surface area contributed by atoms with Gasteiger partial charge in [-0.1, -0.05) is 28.1 Å². The SMILES string of the molecule is O=Cc1cccn2nc(Cc3ccc(Br)cc3)nc12. The Morgan fingerprint density at radius 2 is 2.00 bits per heavy atom. The minimum atomic E-state index is 0.553. The Labute approximate surface area is 118 Å². The largest absolute Gasteiger partial charge is 0.298 e. The Kier molecular flexibility index (Phi) is 3.13. The molecule has 0 aliphatic rings. The van der Waals surface area contributed by atoms with Crippen molar-refractivity contribution in [1.29, 1.82) is 0 Å². The molecule has 0 saturated carbocycles. The van der Waals surface area contributed by atoms with Gasteiger partial charge in [0.15, 0.2) is 17.8 Å². The maximum Gasteiger partial charge on any atom is 0.166 e. The number of carbonyl (C=O) groups excluding carboxylic acids is 1. The Bertz CT molecular complexity index is 734. The molecule has 0 fully saturated rings. The molecule has 0 aliphatic carbocycles. The van der Waals surface area contributed by atoms with Crippen LogP contribution in [0.1, 0.15) is 21.7 Å². The number of pyridine rings is 1. The Balaban J connectivity index is 1.97. The highest BCUT2D eigenvalue weighted by molar-refractivity contribution is 9.10. The Morgan fingerprint density at radius 3 is 2.74 bits per heavy atom. The molecule has 0 radical (unpaired) electrons. The third kappa shape index (κ3) is 2.42. The second kappa shape index (κ2) is 4.93. The van der Waals surface area contributed by atoms with Gasteiger partial charge >= 0.3 is 0 Å². The van der Waals surface area contributed by atoms with E-state index in [2.05, 4.69) is 26.0 Å². The summed E-state index contributed by atoms with van der Waals surface area (Å²) in [6.45, 7) is 0. The molecule has 4 nitrogen and oxygen atoms in total. The van der Waals surface area contributed by atoms with Crippen molar-refractivity contribution in [2.75, 3.05) is 0 Å². The number of benzene rings is 1. The minimum Gasteiger partial charge on any atom is -0.298 e. The average Bonchev–Trinajstić information content (AvgIpc) is 2.83. The normalized spacial score (nSPS) is 10.8. The van der Waals surface area contributed by atoms with Crippen LogP contribution >= 0.6 is 15.9 Å². The van der Waals surface area contributed by atoms with Crippen LogP contribution in [-0.2, 0) is 6.42 Å². The molecule has 3 rings (SSSR count). The lowest BCUT2D eigenvalue weighted by atomic mass is 10.1. The smallest absolute Gasteiger partial charge is 0.166 e. The number of aldehydes is 1. The number of hydrogen-bond donors (Lipinski definition) is 0. The lowest BCUT2D eigenvalue weighted by Gasteiger charge is -1.96. The van der Waals surface area contributed by atoms with Crippen LogP contribution in [0.15, 0.2) is 47.1 Å². The number of hydrogen-bond acceptors (Lipinski definition) is 3. The molecule has 0 atom stereocenters. The Morgan fingerprint density at radius 1 is 1.21 bits per heavy atom. The predicted octanol–water partition coefficient (Wildman–Crippen LogP) is 2.90. The van der Waals surface area contributed by atoms with Crippen LogP contribution in [0, 0.1) is 0 Å². The third-order valence-electron chi connectivity index (χ3n) is 2.84. The summed E-state index contributed by atoms with van der Waals surface area (Å²) in [6.07, 6.45) is 3.24. The fourth-order valence-electron chi connectivity index (χ4n) is 1.92. The van der Waals surface area contributed by atoms with Crippen molar-refractivity contribution in [2.45, 2.75) is 6.42 Å². The predicted molar refractivity (Wildman–Crippen MR) is 75.3 cm³/mol. The van der Waals surface area contributed by atoms with Gasteiger partial charge < -0.3 is 0 Å². The number of carbonyl (C=O) groups is 1. The summed E-state index contributed by atoms with van der Waals surface area (Å²) in [5.74, 6) is 0.705. The standard InChI is InChI=1S/C14H10BrN3O/c15-12-5-3-10(4-6-12)8-13-16-14-11(9-19)2-1-7-18(14)17-13/h1-7,9H,8H2. The van der Waals surface area contributed by atoms with Crippen molar-refractivity contribution in [3.63, 3.8) is 0 Å². The van der Waals surface area contributed by atoms with E-state index >= 15 is 0 Å². The molecular formula is C14H10BrN3O. The molecule has 3 aromatic rings.